The van der Waals surface area contributed by atoms with Crippen LogP contribution in [0.15, 0.2) is 24.3 Å². The fraction of sp³-hybridized carbons (Fsp3) is 0.562. The van der Waals surface area contributed by atoms with E-state index in [-0.39, 0.29) is 22.9 Å². The van der Waals surface area contributed by atoms with E-state index in [1.54, 1.807) is 0 Å². The summed E-state index contributed by atoms with van der Waals surface area (Å²) < 4.78 is 23.4. The number of carbonyl (C=O) groups is 1. The summed E-state index contributed by atoms with van der Waals surface area (Å²) in [6.45, 7) is 0. The Morgan fingerprint density at radius 3 is 2.65 bits per heavy atom. The van der Waals surface area contributed by atoms with Gasteiger partial charge in [-0.05, 0) is 36.8 Å². The molecular formula is C16H20O3S. The minimum absolute atomic E-state index is 0.00881. The van der Waals surface area contributed by atoms with Crippen LogP contribution < -0.4 is 0 Å². The van der Waals surface area contributed by atoms with Gasteiger partial charge >= 0.3 is 0 Å². The molecule has 1 aromatic carbocycles. The number of hydrogen-bond donors (Lipinski definition) is 0. The molecule has 2 aliphatic carbocycles. The molecule has 0 aliphatic heterocycles. The molecule has 4 heteroatoms. The van der Waals surface area contributed by atoms with Crippen molar-refractivity contribution in [2.45, 2.75) is 43.3 Å². The summed E-state index contributed by atoms with van der Waals surface area (Å²) in [5.41, 5.74) is 2.42. The van der Waals surface area contributed by atoms with Crippen LogP contribution in [-0.4, -0.2) is 25.7 Å². The molecule has 20 heavy (non-hydrogen) atoms. The quantitative estimate of drug-likeness (QED) is 0.860. The molecule has 2 aliphatic rings. The highest BCUT2D eigenvalue weighted by molar-refractivity contribution is 7.91. The second-order valence-corrected chi connectivity index (χ2v) is 8.50. The van der Waals surface area contributed by atoms with Crippen molar-refractivity contribution < 1.29 is 13.2 Å². The Bertz CT molecular complexity index is 633. The highest BCUT2D eigenvalue weighted by atomic mass is 32.2. The maximum Gasteiger partial charge on any atom is 0.150 e. The molecule has 0 radical (unpaired) electrons. The zero-order chi connectivity index (χ0) is 14.3. The number of carbonyl (C=O) groups excluding carboxylic acids is 1. The second-order valence-electron chi connectivity index (χ2n) is 6.17. The van der Waals surface area contributed by atoms with Crippen molar-refractivity contribution in [3.63, 3.8) is 0 Å². The number of benzene rings is 1. The molecule has 0 aromatic heterocycles. The summed E-state index contributed by atoms with van der Waals surface area (Å²) in [5, 5.41) is -0.319. The summed E-state index contributed by atoms with van der Waals surface area (Å²) in [6, 6.07) is 8.07. The SMILES string of the molecule is CS(=O)(=O)C1CCCC(C(=O)C2Cc3ccccc32)C1. The standard InChI is InChI=1S/C16H20O3S/c1-20(18,19)13-7-4-6-12(9-13)16(17)15-10-11-5-2-3-8-14(11)15/h2-3,5,8,12-13,15H,4,6-7,9-10H2,1H3. The molecule has 0 spiro atoms. The molecule has 3 atom stereocenters. The lowest BCUT2D eigenvalue weighted by Gasteiger charge is -2.34. The van der Waals surface area contributed by atoms with Gasteiger partial charge in [-0.1, -0.05) is 30.7 Å². The normalized spacial score (nSPS) is 29.4. The zero-order valence-corrected chi connectivity index (χ0v) is 12.5. The lowest BCUT2D eigenvalue weighted by Crippen LogP contribution is -2.36. The second kappa shape index (κ2) is 4.99. The third-order valence-electron chi connectivity index (χ3n) is 4.83. The maximum absolute atomic E-state index is 12.6. The Kier molecular flexibility index (Phi) is 3.44. The fourth-order valence-corrected chi connectivity index (χ4v) is 4.77. The van der Waals surface area contributed by atoms with Crippen LogP contribution in [-0.2, 0) is 21.1 Å². The van der Waals surface area contributed by atoms with E-state index in [0.717, 1.165) is 24.8 Å². The zero-order valence-electron chi connectivity index (χ0n) is 11.7. The van der Waals surface area contributed by atoms with Crippen LogP contribution in [0.2, 0.25) is 0 Å². The van der Waals surface area contributed by atoms with Crippen LogP contribution in [0.25, 0.3) is 0 Å². The predicted octanol–water partition coefficient (Wildman–Crippen LogP) is 2.50. The first-order valence-electron chi connectivity index (χ1n) is 7.27. The monoisotopic (exact) mass is 292 g/mol. The van der Waals surface area contributed by atoms with Crippen LogP contribution in [0.4, 0.5) is 0 Å². The van der Waals surface area contributed by atoms with Gasteiger partial charge in [0.2, 0.25) is 0 Å². The third-order valence-corrected chi connectivity index (χ3v) is 6.47. The van der Waals surface area contributed by atoms with Crippen molar-refractivity contribution in [2.24, 2.45) is 5.92 Å². The molecule has 1 fully saturated rings. The molecular weight excluding hydrogens is 272 g/mol. The van der Waals surface area contributed by atoms with E-state index in [2.05, 4.69) is 6.07 Å². The van der Waals surface area contributed by atoms with Gasteiger partial charge in [-0.3, -0.25) is 4.79 Å². The number of hydrogen-bond acceptors (Lipinski definition) is 3. The van der Waals surface area contributed by atoms with E-state index in [0.29, 0.717) is 12.8 Å². The van der Waals surface area contributed by atoms with Crippen LogP contribution in [0.3, 0.4) is 0 Å². The van der Waals surface area contributed by atoms with Gasteiger partial charge in [0, 0.05) is 18.1 Å². The van der Waals surface area contributed by atoms with E-state index in [1.165, 1.54) is 11.8 Å². The number of rotatable bonds is 3. The van der Waals surface area contributed by atoms with Crippen molar-refractivity contribution in [1.29, 1.82) is 0 Å². The molecule has 3 rings (SSSR count). The average Bonchev–Trinajstić information content (AvgIpc) is 2.39. The summed E-state index contributed by atoms with van der Waals surface area (Å²) in [7, 11) is -3.02. The van der Waals surface area contributed by atoms with Crippen LogP contribution in [0.1, 0.15) is 42.7 Å². The van der Waals surface area contributed by atoms with Gasteiger partial charge < -0.3 is 0 Å². The highest BCUT2D eigenvalue weighted by Crippen LogP contribution is 2.40. The fourth-order valence-electron chi connectivity index (χ4n) is 3.59. The first-order chi connectivity index (χ1) is 9.47. The van der Waals surface area contributed by atoms with Crippen molar-refractivity contribution >= 4 is 15.6 Å². The summed E-state index contributed by atoms with van der Waals surface area (Å²) in [6.07, 6.45) is 5.06. The number of Topliss-reactive ketones (excluding diaryl/α,β-unsaturated/α-hetero) is 1. The Labute approximate surface area is 120 Å². The first kappa shape index (κ1) is 13.8. The lowest BCUT2D eigenvalue weighted by molar-refractivity contribution is -0.125. The molecule has 3 nitrogen and oxygen atoms in total. The molecule has 0 saturated heterocycles. The smallest absolute Gasteiger partial charge is 0.150 e. The number of fused-ring (bicyclic) bond motifs is 1. The van der Waals surface area contributed by atoms with Gasteiger partial charge in [0.05, 0.1) is 5.25 Å². The Balaban J connectivity index is 1.73. The highest BCUT2D eigenvalue weighted by Gasteiger charge is 2.39. The molecule has 1 aromatic rings. The largest absolute Gasteiger partial charge is 0.299 e. The van der Waals surface area contributed by atoms with E-state index in [9.17, 15) is 13.2 Å². The summed E-state index contributed by atoms with van der Waals surface area (Å²) >= 11 is 0. The Morgan fingerprint density at radius 2 is 1.95 bits per heavy atom. The van der Waals surface area contributed by atoms with Gasteiger partial charge in [-0.25, -0.2) is 8.42 Å². The van der Waals surface area contributed by atoms with Crippen LogP contribution >= 0.6 is 0 Å². The van der Waals surface area contributed by atoms with Crippen molar-refractivity contribution in [1.82, 2.24) is 0 Å². The average molecular weight is 292 g/mol. The van der Waals surface area contributed by atoms with Gasteiger partial charge in [0.25, 0.3) is 0 Å². The Hall–Kier alpha value is -1.16. The van der Waals surface area contributed by atoms with Crippen LogP contribution in [0.5, 0.6) is 0 Å². The van der Waals surface area contributed by atoms with E-state index in [4.69, 9.17) is 0 Å². The minimum Gasteiger partial charge on any atom is -0.299 e. The minimum atomic E-state index is -3.02. The van der Waals surface area contributed by atoms with Crippen molar-refractivity contribution in [2.75, 3.05) is 6.26 Å². The Morgan fingerprint density at radius 1 is 1.20 bits per heavy atom. The molecule has 0 N–H and O–H groups in total. The summed E-state index contributed by atoms with van der Waals surface area (Å²) in [4.78, 5) is 12.6. The number of ketones is 1. The van der Waals surface area contributed by atoms with E-state index < -0.39 is 9.84 Å². The number of sulfone groups is 1. The lowest BCUT2D eigenvalue weighted by atomic mass is 9.70. The van der Waals surface area contributed by atoms with Crippen molar-refractivity contribution in [3.05, 3.63) is 35.4 Å². The molecule has 0 heterocycles. The van der Waals surface area contributed by atoms with Crippen LogP contribution in [0, 0.1) is 5.92 Å². The molecule has 3 unspecified atom stereocenters. The summed E-state index contributed by atoms with van der Waals surface area (Å²) in [5.74, 6) is 0.202. The van der Waals surface area contributed by atoms with Gasteiger partial charge in [0.1, 0.15) is 15.6 Å². The molecule has 0 amide bonds. The van der Waals surface area contributed by atoms with E-state index in [1.807, 2.05) is 18.2 Å². The first-order valence-corrected chi connectivity index (χ1v) is 9.22. The molecule has 0 bridgehead atoms. The van der Waals surface area contributed by atoms with Gasteiger partial charge in [0.15, 0.2) is 0 Å². The van der Waals surface area contributed by atoms with E-state index >= 15 is 0 Å². The third kappa shape index (κ3) is 2.41. The molecule has 1 saturated carbocycles. The van der Waals surface area contributed by atoms with Crippen molar-refractivity contribution in [3.8, 4) is 0 Å². The van der Waals surface area contributed by atoms with Gasteiger partial charge in [-0.15, -0.1) is 0 Å². The topological polar surface area (TPSA) is 51.2 Å². The predicted molar refractivity (Wildman–Crippen MR) is 78.5 cm³/mol. The molecule has 108 valence electrons. The van der Waals surface area contributed by atoms with Gasteiger partial charge in [-0.2, -0.15) is 0 Å². The maximum atomic E-state index is 12.6.